The van der Waals surface area contributed by atoms with Gasteiger partial charge in [0.05, 0.1) is 33.4 Å². The fraction of sp³-hybridized carbons (Fsp3) is 0.323. The first-order valence-corrected chi connectivity index (χ1v) is 26.3. The molecule has 0 aliphatic carbocycles. The van der Waals surface area contributed by atoms with Crippen molar-refractivity contribution in [2.45, 2.75) is 107 Å². The van der Waals surface area contributed by atoms with Crippen LogP contribution >= 0.6 is 0 Å². The number of benzene rings is 6. The molecule has 2 heterocycles. The Hall–Kier alpha value is -8.06. The highest BCUT2D eigenvalue weighted by Crippen LogP contribution is 2.36. The zero-order valence-corrected chi connectivity index (χ0v) is 43.4. The number of carbonyl (C=O) groups is 6. The Balaban J connectivity index is 1.22. The zero-order chi connectivity index (χ0) is 55.3. The molecular weight excluding hydrogens is 1020 g/mol. The summed E-state index contributed by atoms with van der Waals surface area (Å²) in [4.78, 5) is 83.8. The highest BCUT2D eigenvalue weighted by Gasteiger charge is 2.57. The summed E-state index contributed by atoms with van der Waals surface area (Å²) in [6.07, 6.45) is -11.9. The molecule has 0 spiro atoms. The van der Waals surface area contributed by atoms with E-state index in [0.29, 0.717) is 6.42 Å². The minimum absolute atomic E-state index is 0.0527. The van der Waals surface area contributed by atoms with Gasteiger partial charge in [0.15, 0.2) is 43.1 Å². The Morgan fingerprint density at radius 1 is 0.380 bits per heavy atom. The molecule has 0 unspecified atom stereocenters. The van der Waals surface area contributed by atoms with Crippen molar-refractivity contribution in [3.05, 3.63) is 215 Å². The summed E-state index contributed by atoms with van der Waals surface area (Å²) in [7, 11) is 0. The van der Waals surface area contributed by atoms with Crippen molar-refractivity contribution < 1.29 is 81.2 Å². The van der Waals surface area contributed by atoms with Crippen LogP contribution in [0.25, 0.3) is 0 Å². The quantitative estimate of drug-likeness (QED) is 0.0340. The number of carbonyl (C=O) groups excluding carboxylic acids is 6. The normalized spacial score (nSPS) is 22.6. The second-order valence-electron chi connectivity index (χ2n) is 18.7. The first-order chi connectivity index (χ1) is 38.6. The maximum Gasteiger partial charge on any atom is 0.338 e. The number of aliphatic hydroxyl groups is 1. The molecule has 10 atom stereocenters. The molecule has 1 N–H and O–H groups in total. The summed E-state index contributed by atoms with van der Waals surface area (Å²) in [6.45, 7) is 0.941. The van der Waals surface area contributed by atoms with Gasteiger partial charge in [-0.3, -0.25) is 0 Å². The monoisotopic (exact) mass is 1080 g/mol. The molecule has 17 heteroatoms. The van der Waals surface area contributed by atoms with Crippen molar-refractivity contribution in [2.24, 2.45) is 0 Å². The fourth-order valence-corrected chi connectivity index (χ4v) is 8.91. The third-order valence-electron chi connectivity index (χ3n) is 13.1. The highest BCUT2D eigenvalue weighted by molar-refractivity contribution is 5.92. The molecule has 6 aromatic rings. The van der Waals surface area contributed by atoms with Crippen LogP contribution in [0.4, 0.5) is 0 Å². The van der Waals surface area contributed by atoms with E-state index in [2.05, 4.69) is 6.92 Å². The van der Waals surface area contributed by atoms with Crippen LogP contribution in [0.5, 0.6) is 0 Å². The average molecular weight is 1080 g/mol. The van der Waals surface area contributed by atoms with Gasteiger partial charge >= 0.3 is 35.8 Å². The highest BCUT2D eigenvalue weighted by atomic mass is 16.8. The van der Waals surface area contributed by atoms with E-state index in [4.69, 9.17) is 47.4 Å². The SMILES string of the molecule is CCCCCCCCO[C@H]1O[C@H](COC(=O)c2ccccc2)[C@@H](OC(=O)c2ccccc2)[C@H](OC(=O)c2ccccc2)[C@@H]1O[C@H]1O[C@H](COC(=O)c2ccccc2)[C@@H](OC(=O)c2ccccc2)[C@H](O)[C@@H]1OC(=O)c1ccccc1. The van der Waals surface area contributed by atoms with Crippen LogP contribution in [0.1, 0.15) is 108 Å². The second-order valence-corrected chi connectivity index (χ2v) is 18.7. The molecule has 0 amide bonds. The van der Waals surface area contributed by atoms with Crippen LogP contribution < -0.4 is 0 Å². The molecule has 0 aromatic heterocycles. The lowest BCUT2D eigenvalue weighted by molar-refractivity contribution is -0.365. The van der Waals surface area contributed by atoms with Crippen LogP contribution in [0.15, 0.2) is 182 Å². The fourth-order valence-electron chi connectivity index (χ4n) is 8.91. The van der Waals surface area contributed by atoms with Crippen LogP contribution in [-0.2, 0) is 47.4 Å². The molecule has 2 fully saturated rings. The molecule has 0 radical (unpaired) electrons. The Kier molecular flexibility index (Phi) is 21.0. The van der Waals surface area contributed by atoms with Gasteiger partial charge < -0.3 is 52.5 Å². The Labute approximate surface area is 457 Å². The molecular formula is C62H62O17. The number of hydrogen-bond donors (Lipinski definition) is 1. The zero-order valence-electron chi connectivity index (χ0n) is 43.4. The van der Waals surface area contributed by atoms with E-state index in [1.165, 1.54) is 60.7 Å². The predicted octanol–water partition coefficient (Wildman–Crippen LogP) is 9.18. The summed E-state index contributed by atoms with van der Waals surface area (Å²) in [5, 5.41) is 12.6. The number of aliphatic hydroxyl groups excluding tert-OH is 1. The van der Waals surface area contributed by atoms with E-state index in [-0.39, 0.29) is 40.0 Å². The van der Waals surface area contributed by atoms with Crippen molar-refractivity contribution in [3.63, 3.8) is 0 Å². The van der Waals surface area contributed by atoms with Crippen LogP contribution in [0.2, 0.25) is 0 Å². The molecule has 2 aliphatic heterocycles. The van der Waals surface area contributed by atoms with Gasteiger partial charge in [-0.1, -0.05) is 148 Å². The van der Waals surface area contributed by atoms with Crippen LogP contribution in [0, 0.1) is 0 Å². The number of ether oxygens (including phenoxy) is 10. The van der Waals surface area contributed by atoms with Crippen molar-refractivity contribution in [1.82, 2.24) is 0 Å². The van der Waals surface area contributed by atoms with Crippen molar-refractivity contribution in [1.29, 1.82) is 0 Å². The van der Waals surface area contributed by atoms with Gasteiger partial charge in [-0.25, -0.2) is 28.8 Å². The Bertz CT molecular complexity index is 2870. The van der Waals surface area contributed by atoms with Crippen molar-refractivity contribution in [2.75, 3.05) is 19.8 Å². The van der Waals surface area contributed by atoms with Gasteiger partial charge in [-0.15, -0.1) is 0 Å². The standard InChI is InChI=1S/C62H62O17/c1-2-3-4-5-6-25-38-70-61-54(53(78-60(69)46-36-23-12-24-37-46)51(76-58(67)44-32-19-10-20-33-44)48(73-61)40-72-56(65)42-28-15-8-16-29-42)79-62-52(77-59(68)45-34-21-11-22-35-45)49(63)50(75-57(66)43-30-17-9-18-31-43)47(74-62)39-71-55(64)41-26-13-7-14-27-41/h7-24,26-37,47-54,61-63H,2-6,25,38-40H2,1H3/t47-,48-,49+,50-,51-,52+,53+,54+,61+,62-/m1/s1. The lowest BCUT2D eigenvalue weighted by atomic mass is 9.96. The van der Waals surface area contributed by atoms with E-state index >= 15 is 0 Å². The summed E-state index contributed by atoms with van der Waals surface area (Å²) in [6, 6.07) is 47.9. The number of hydrogen-bond acceptors (Lipinski definition) is 17. The molecule has 0 saturated carbocycles. The van der Waals surface area contributed by atoms with Gasteiger partial charge in [0.25, 0.3) is 0 Å². The third-order valence-corrected chi connectivity index (χ3v) is 13.1. The Morgan fingerprint density at radius 2 is 0.709 bits per heavy atom. The van der Waals surface area contributed by atoms with Gasteiger partial charge in [0.1, 0.15) is 31.5 Å². The molecule has 2 aliphatic rings. The third kappa shape index (κ3) is 15.8. The average Bonchev–Trinajstić information content (AvgIpc) is 3.54. The van der Waals surface area contributed by atoms with Crippen molar-refractivity contribution in [3.8, 4) is 0 Å². The molecule has 17 nitrogen and oxygen atoms in total. The Morgan fingerprint density at radius 3 is 1.13 bits per heavy atom. The summed E-state index contributed by atoms with van der Waals surface area (Å²) in [5.41, 5.74) is 0.721. The van der Waals surface area contributed by atoms with Crippen LogP contribution in [0.3, 0.4) is 0 Å². The van der Waals surface area contributed by atoms with Gasteiger partial charge in [-0.05, 0) is 79.2 Å². The minimum atomic E-state index is -1.99. The van der Waals surface area contributed by atoms with Gasteiger partial charge in [0, 0.05) is 6.61 Å². The number of esters is 6. The van der Waals surface area contributed by atoms with E-state index in [1.807, 2.05) is 0 Å². The van der Waals surface area contributed by atoms with E-state index in [0.717, 1.165) is 32.1 Å². The lowest BCUT2D eigenvalue weighted by Gasteiger charge is -2.48. The lowest BCUT2D eigenvalue weighted by Crippen LogP contribution is -2.67. The van der Waals surface area contributed by atoms with E-state index in [9.17, 15) is 33.9 Å². The minimum Gasteiger partial charge on any atom is -0.459 e. The van der Waals surface area contributed by atoms with E-state index in [1.54, 1.807) is 121 Å². The number of unbranched alkanes of at least 4 members (excludes halogenated alkanes) is 5. The summed E-state index contributed by atoms with van der Waals surface area (Å²) >= 11 is 0. The largest absolute Gasteiger partial charge is 0.459 e. The van der Waals surface area contributed by atoms with Gasteiger partial charge in [0.2, 0.25) is 0 Å². The first kappa shape index (κ1) is 57.1. The van der Waals surface area contributed by atoms with E-state index < -0.39 is 110 Å². The molecule has 8 rings (SSSR count). The topological polar surface area (TPSA) is 215 Å². The van der Waals surface area contributed by atoms with Crippen LogP contribution in [-0.4, -0.2) is 122 Å². The maximum absolute atomic E-state index is 14.5. The molecule has 6 aromatic carbocycles. The van der Waals surface area contributed by atoms with Gasteiger partial charge in [-0.2, -0.15) is 0 Å². The number of rotatable bonds is 24. The molecule has 0 bridgehead atoms. The molecule has 79 heavy (non-hydrogen) atoms. The molecule has 412 valence electrons. The second kappa shape index (κ2) is 29.1. The smallest absolute Gasteiger partial charge is 0.338 e. The first-order valence-electron chi connectivity index (χ1n) is 26.3. The summed E-state index contributed by atoms with van der Waals surface area (Å²) in [5.74, 6) is -5.19. The predicted molar refractivity (Wildman–Crippen MR) is 284 cm³/mol. The summed E-state index contributed by atoms with van der Waals surface area (Å²) < 4.78 is 63.0. The van der Waals surface area contributed by atoms with Crippen molar-refractivity contribution >= 4 is 35.8 Å². The maximum atomic E-state index is 14.5. The molecule has 2 saturated heterocycles.